The normalized spacial score (nSPS) is 20.7. The minimum Gasteiger partial charge on any atom is -0.379 e. The lowest BCUT2D eigenvalue weighted by molar-refractivity contribution is -0.0611. The number of nitrogens with two attached hydrogens (primary N) is 1. The van der Waals surface area contributed by atoms with Gasteiger partial charge in [-0.1, -0.05) is 0 Å². The Kier molecular flexibility index (Phi) is 5.34. The van der Waals surface area contributed by atoms with Crippen LogP contribution >= 0.6 is 11.3 Å². The maximum absolute atomic E-state index is 12.5. The van der Waals surface area contributed by atoms with Gasteiger partial charge in [0, 0.05) is 18.2 Å². The van der Waals surface area contributed by atoms with E-state index in [1.54, 1.807) is 12.4 Å². The zero-order valence-corrected chi connectivity index (χ0v) is 14.1. The van der Waals surface area contributed by atoms with Crippen molar-refractivity contribution in [3.05, 3.63) is 34.0 Å². The van der Waals surface area contributed by atoms with Crippen molar-refractivity contribution in [1.82, 2.24) is 20.3 Å². The number of rotatable bonds is 5. The summed E-state index contributed by atoms with van der Waals surface area (Å²) in [6.45, 7) is 3.16. The summed E-state index contributed by atoms with van der Waals surface area (Å²) in [7, 11) is 0. The predicted octanol–water partition coefficient (Wildman–Crippen LogP) is 0.928. The summed E-state index contributed by atoms with van der Waals surface area (Å²) in [5, 5.41) is 4.89. The molecule has 3 heterocycles. The summed E-state index contributed by atoms with van der Waals surface area (Å²) in [6, 6.07) is -0.234. The molecule has 0 spiro atoms. The standard InChI is InChI=1S/C15H19N5O3S/c1-9-11(4-17-15(16)19-9)14(21)20-12-6-22-3-2-13(12)23-5-10-7-24-8-18-10/h4,7-8,12-13H,2-3,5-6H2,1H3,(H,20,21)(H2,16,17,19)/t12-,13+/m1/s1. The zero-order chi connectivity index (χ0) is 16.9. The van der Waals surface area contributed by atoms with Gasteiger partial charge in [-0.15, -0.1) is 11.3 Å². The smallest absolute Gasteiger partial charge is 0.255 e. The molecule has 2 aromatic rings. The van der Waals surface area contributed by atoms with Crippen molar-refractivity contribution < 1.29 is 14.3 Å². The topological polar surface area (TPSA) is 112 Å². The van der Waals surface area contributed by atoms with E-state index in [9.17, 15) is 4.79 Å². The number of ether oxygens (including phenoxy) is 2. The Morgan fingerprint density at radius 2 is 2.42 bits per heavy atom. The van der Waals surface area contributed by atoms with E-state index in [1.807, 2.05) is 5.38 Å². The SMILES string of the molecule is Cc1nc(N)ncc1C(=O)N[C@@H]1COCC[C@@H]1OCc1cscn1. The van der Waals surface area contributed by atoms with Crippen molar-refractivity contribution in [3.63, 3.8) is 0 Å². The molecular formula is C15H19N5O3S. The van der Waals surface area contributed by atoms with E-state index in [1.165, 1.54) is 17.5 Å². The minimum absolute atomic E-state index is 0.126. The number of anilines is 1. The highest BCUT2D eigenvalue weighted by atomic mass is 32.1. The molecule has 1 fully saturated rings. The van der Waals surface area contributed by atoms with Crippen molar-refractivity contribution in [2.45, 2.75) is 32.1 Å². The summed E-state index contributed by atoms with van der Waals surface area (Å²) in [5.74, 6) is -0.111. The van der Waals surface area contributed by atoms with Gasteiger partial charge in [-0.3, -0.25) is 4.79 Å². The average Bonchev–Trinajstić information content (AvgIpc) is 3.07. The Labute approximate surface area is 143 Å². The number of nitrogens with one attached hydrogen (secondary N) is 1. The summed E-state index contributed by atoms with van der Waals surface area (Å²) in [5.41, 5.74) is 9.11. The van der Waals surface area contributed by atoms with Crippen LogP contribution in [0.25, 0.3) is 0 Å². The molecule has 128 valence electrons. The number of aryl methyl sites for hydroxylation is 1. The number of nitrogen functional groups attached to an aromatic ring is 1. The molecule has 8 nitrogen and oxygen atoms in total. The number of amides is 1. The number of thiazole rings is 1. The first-order valence-electron chi connectivity index (χ1n) is 7.60. The van der Waals surface area contributed by atoms with Crippen LogP contribution in [0.15, 0.2) is 17.1 Å². The zero-order valence-electron chi connectivity index (χ0n) is 13.3. The molecule has 1 amide bonds. The van der Waals surface area contributed by atoms with Gasteiger partial charge in [-0.05, 0) is 13.3 Å². The van der Waals surface area contributed by atoms with Crippen molar-refractivity contribution in [2.24, 2.45) is 0 Å². The van der Waals surface area contributed by atoms with Gasteiger partial charge in [-0.25, -0.2) is 15.0 Å². The molecule has 0 radical (unpaired) electrons. The van der Waals surface area contributed by atoms with Crippen LogP contribution in [-0.4, -0.2) is 46.2 Å². The lowest BCUT2D eigenvalue weighted by Crippen LogP contribution is -2.50. The molecule has 1 aliphatic heterocycles. The van der Waals surface area contributed by atoms with E-state index in [-0.39, 0.29) is 24.0 Å². The number of carbonyl (C=O) groups is 1. The fourth-order valence-electron chi connectivity index (χ4n) is 2.51. The average molecular weight is 349 g/mol. The molecule has 0 saturated carbocycles. The second-order valence-corrected chi connectivity index (χ2v) is 6.22. The van der Waals surface area contributed by atoms with Crippen LogP contribution in [0.1, 0.15) is 28.2 Å². The molecule has 3 N–H and O–H groups in total. The fourth-order valence-corrected chi connectivity index (χ4v) is 3.05. The monoisotopic (exact) mass is 349 g/mol. The summed E-state index contributed by atoms with van der Waals surface area (Å²) in [4.78, 5) is 24.6. The quantitative estimate of drug-likeness (QED) is 0.825. The Hall–Kier alpha value is -2.10. The predicted molar refractivity (Wildman–Crippen MR) is 88.6 cm³/mol. The Balaban J connectivity index is 1.63. The first-order chi connectivity index (χ1) is 11.6. The van der Waals surface area contributed by atoms with Crippen LogP contribution < -0.4 is 11.1 Å². The molecule has 1 saturated heterocycles. The van der Waals surface area contributed by atoms with Crippen molar-refractivity contribution in [2.75, 3.05) is 18.9 Å². The van der Waals surface area contributed by atoms with Gasteiger partial charge in [0.1, 0.15) is 0 Å². The van der Waals surface area contributed by atoms with E-state index in [2.05, 4.69) is 20.3 Å². The molecule has 0 aromatic carbocycles. The van der Waals surface area contributed by atoms with Gasteiger partial charge in [0.15, 0.2) is 0 Å². The second-order valence-electron chi connectivity index (χ2n) is 5.50. The molecule has 0 aliphatic carbocycles. The van der Waals surface area contributed by atoms with E-state index in [0.717, 1.165) is 5.69 Å². The fraction of sp³-hybridized carbons (Fsp3) is 0.467. The molecule has 0 bridgehead atoms. The first kappa shape index (κ1) is 16.7. The summed E-state index contributed by atoms with van der Waals surface area (Å²) in [6.07, 6.45) is 2.02. The van der Waals surface area contributed by atoms with E-state index < -0.39 is 0 Å². The van der Waals surface area contributed by atoms with Crippen LogP contribution in [0, 0.1) is 6.92 Å². The number of nitrogens with zero attached hydrogens (tertiary/aromatic N) is 3. The van der Waals surface area contributed by atoms with Gasteiger partial charge in [0.05, 0.1) is 47.8 Å². The van der Waals surface area contributed by atoms with Crippen LogP contribution in [-0.2, 0) is 16.1 Å². The lowest BCUT2D eigenvalue weighted by Gasteiger charge is -2.32. The van der Waals surface area contributed by atoms with Gasteiger partial charge < -0.3 is 20.5 Å². The molecule has 0 unspecified atom stereocenters. The second kappa shape index (κ2) is 7.65. The van der Waals surface area contributed by atoms with E-state index in [4.69, 9.17) is 15.2 Å². The number of hydrogen-bond acceptors (Lipinski definition) is 8. The van der Waals surface area contributed by atoms with Crippen LogP contribution in [0.4, 0.5) is 5.95 Å². The molecular weight excluding hydrogens is 330 g/mol. The first-order valence-corrected chi connectivity index (χ1v) is 8.54. The number of aromatic nitrogens is 3. The Bertz CT molecular complexity index is 694. The van der Waals surface area contributed by atoms with Crippen LogP contribution in [0.5, 0.6) is 0 Å². The highest BCUT2D eigenvalue weighted by molar-refractivity contribution is 7.07. The van der Waals surface area contributed by atoms with Crippen molar-refractivity contribution in [1.29, 1.82) is 0 Å². The van der Waals surface area contributed by atoms with Gasteiger partial charge in [0.25, 0.3) is 5.91 Å². The number of carbonyl (C=O) groups excluding carboxylic acids is 1. The molecule has 1 aliphatic rings. The maximum Gasteiger partial charge on any atom is 0.255 e. The Morgan fingerprint density at radius 3 is 3.17 bits per heavy atom. The van der Waals surface area contributed by atoms with Gasteiger partial charge in [-0.2, -0.15) is 0 Å². The third-order valence-corrected chi connectivity index (χ3v) is 4.42. The third kappa shape index (κ3) is 4.05. The number of hydrogen-bond donors (Lipinski definition) is 2. The Morgan fingerprint density at radius 1 is 1.54 bits per heavy atom. The van der Waals surface area contributed by atoms with Gasteiger partial charge in [0.2, 0.25) is 5.95 Å². The van der Waals surface area contributed by atoms with Crippen molar-refractivity contribution in [3.8, 4) is 0 Å². The van der Waals surface area contributed by atoms with Gasteiger partial charge >= 0.3 is 0 Å². The van der Waals surface area contributed by atoms with Crippen molar-refractivity contribution >= 4 is 23.2 Å². The molecule has 3 rings (SSSR count). The van der Waals surface area contributed by atoms with E-state index >= 15 is 0 Å². The summed E-state index contributed by atoms with van der Waals surface area (Å²) < 4.78 is 11.4. The molecule has 2 atom stereocenters. The molecule has 2 aromatic heterocycles. The highest BCUT2D eigenvalue weighted by Crippen LogP contribution is 2.16. The maximum atomic E-state index is 12.5. The largest absolute Gasteiger partial charge is 0.379 e. The highest BCUT2D eigenvalue weighted by Gasteiger charge is 2.29. The van der Waals surface area contributed by atoms with Crippen LogP contribution in [0.2, 0.25) is 0 Å². The molecule has 24 heavy (non-hydrogen) atoms. The summed E-state index contributed by atoms with van der Waals surface area (Å²) >= 11 is 1.53. The molecule has 9 heteroatoms. The van der Waals surface area contributed by atoms with E-state index in [0.29, 0.717) is 37.5 Å². The third-order valence-electron chi connectivity index (χ3n) is 3.78. The minimum atomic E-state index is -0.259. The lowest BCUT2D eigenvalue weighted by atomic mass is 10.1. The van der Waals surface area contributed by atoms with Crippen LogP contribution in [0.3, 0.4) is 0 Å².